The van der Waals surface area contributed by atoms with Gasteiger partial charge in [-0.25, -0.2) is 0 Å². The zero-order valence-corrected chi connectivity index (χ0v) is 44.8. The number of ether oxygens (including phenoxy) is 2. The first-order valence-electron chi connectivity index (χ1n) is 24.5. The highest BCUT2D eigenvalue weighted by molar-refractivity contribution is 5.94. The van der Waals surface area contributed by atoms with Crippen molar-refractivity contribution in [2.75, 3.05) is 32.2 Å². The summed E-state index contributed by atoms with van der Waals surface area (Å²) in [7, 11) is 0. The lowest BCUT2D eigenvalue weighted by molar-refractivity contribution is -0.383. The van der Waals surface area contributed by atoms with E-state index in [-0.39, 0.29) is 107 Å². The van der Waals surface area contributed by atoms with Gasteiger partial charge in [0.25, 0.3) is 39.3 Å². The van der Waals surface area contributed by atoms with E-state index in [1.807, 2.05) is 26.0 Å². The molecule has 0 aliphatic carbocycles. The van der Waals surface area contributed by atoms with Crippen LogP contribution in [0.5, 0.6) is 0 Å². The van der Waals surface area contributed by atoms with E-state index >= 15 is 0 Å². The number of aromatic nitrogens is 4. The van der Waals surface area contributed by atoms with E-state index in [2.05, 4.69) is 0 Å². The molecule has 4 atom stereocenters. The number of nitro benzene ring substituents is 3. The van der Waals surface area contributed by atoms with Crippen LogP contribution in [0.25, 0.3) is 43.1 Å². The van der Waals surface area contributed by atoms with E-state index in [0.29, 0.717) is 43.7 Å². The molecule has 24 nitrogen and oxygen atoms in total. The molecule has 4 heterocycles. The van der Waals surface area contributed by atoms with Gasteiger partial charge in [0.1, 0.15) is 13.2 Å². The summed E-state index contributed by atoms with van der Waals surface area (Å²) < 4.78 is 15.6. The van der Waals surface area contributed by atoms with Crippen LogP contribution < -0.4 is 28.0 Å². The molecule has 8 rings (SSSR count). The third-order valence-corrected chi connectivity index (χ3v) is 12.9. The molecule has 4 N–H and O–H groups in total. The van der Waals surface area contributed by atoms with Crippen LogP contribution in [0.2, 0.25) is 0 Å². The maximum Gasteiger partial charge on any atom is 0.302 e. The van der Waals surface area contributed by atoms with Gasteiger partial charge in [0, 0.05) is 72.3 Å². The van der Waals surface area contributed by atoms with E-state index in [4.69, 9.17) is 25.4 Å². The van der Waals surface area contributed by atoms with Crippen LogP contribution >= 0.6 is 0 Å². The number of anilines is 1. The first kappa shape index (κ1) is 60.4. The summed E-state index contributed by atoms with van der Waals surface area (Å²) in [6, 6.07) is 19.4. The summed E-state index contributed by atoms with van der Waals surface area (Å²) in [5.41, 5.74) is 7.25. The van der Waals surface area contributed by atoms with E-state index in [9.17, 15) is 59.1 Å². The summed E-state index contributed by atoms with van der Waals surface area (Å²) in [5, 5.41) is 54.4. The molecule has 0 radical (unpaired) electrons. The van der Waals surface area contributed by atoms with E-state index in [1.54, 1.807) is 93.9 Å². The molecule has 4 aromatic heterocycles. The van der Waals surface area contributed by atoms with E-state index < -0.39 is 20.7 Å². The molecule has 0 fully saturated rings. The van der Waals surface area contributed by atoms with E-state index in [0.717, 1.165) is 10.9 Å². The second kappa shape index (κ2) is 26.1. The Morgan fingerprint density at radius 3 is 1.16 bits per heavy atom. The van der Waals surface area contributed by atoms with Gasteiger partial charge >= 0.3 is 11.9 Å². The lowest BCUT2D eigenvalue weighted by atomic mass is 10.1. The van der Waals surface area contributed by atoms with Crippen molar-refractivity contribution in [2.24, 2.45) is 0 Å². The smallest absolute Gasteiger partial charge is 0.302 e. The number of aliphatic hydroxyl groups excluding tert-OH is 2. The predicted molar refractivity (Wildman–Crippen MR) is 298 cm³/mol. The minimum atomic E-state index is -0.512. The fourth-order valence-corrected chi connectivity index (χ4v) is 8.46. The van der Waals surface area contributed by atoms with Crippen LogP contribution in [0.1, 0.15) is 82.4 Å². The van der Waals surface area contributed by atoms with Crippen LogP contribution in [0.4, 0.5) is 22.7 Å². The fraction of sp³-hybridized carbons (Fsp3) is 0.309. The summed E-state index contributed by atoms with van der Waals surface area (Å²) in [5.74, 6) is -0.780. The van der Waals surface area contributed by atoms with Crippen LogP contribution in [0, 0.1) is 51.1 Å². The summed E-state index contributed by atoms with van der Waals surface area (Å²) in [6.07, 6.45) is 6.14. The highest BCUT2D eigenvalue weighted by Gasteiger charge is 2.22. The van der Waals surface area contributed by atoms with Crippen molar-refractivity contribution in [2.45, 2.75) is 86.5 Å². The fourth-order valence-electron chi connectivity index (χ4n) is 8.46. The topological polar surface area (TPSA) is 336 Å². The van der Waals surface area contributed by atoms with Crippen LogP contribution in [0.15, 0.2) is 123 Å². The number of pyridine rings is 4. The molecular weight excluding hydrogens is 1030 g/mol. The number of carbonyl (C=O) groups is 2. The number of rotatable bonds is 13. The Kier molecular flexibility index (Phi) is 20.0. The van der Waals surface area contributed by atoms with Crippen molar-refractivity contribution < 1.29 is 44.0 Å². The minimum Gasteiger partial charge on any atom is -0.464 e. The lowest BCUT2D eigenvalue weighted by Crippen LogP contribution is -2.26. The second-order valence-corrected chi connectivity index (χ2v) is 18.6. The number of fused-ring (bicyclic) bond motifs is 4. The van der Waals surface area contributed by atoms with Crippen molar-refractivity contribution >= 4 is 77.8 Å². The van der Waals surface area contributed by atoms with Crippen LogP contribution in [-0.4, -0.2) is 81.6 Å². The summed E-state index contributed by atoms with van der Waals surface area (Å²) in [6.45, 7) is 14.7. The zero-order valence-electron chi connectivity index (χ0n) is 44.8. The Morgan fingerprint density at radius 2 is 0.810 bits per heavy atom. The van der Waals surface area contributed by atoms with Crippen LogP contribution in [-0.2, 0) is 19.1 Å². The first-order chi connectivity index (χ1) is 37.3. The molecule has 416 valence electrons. The second-order valence-electron chi connectivity index (χ2n) is 18.6. The monoisotopic (exact) mass is 1090 g/mol. The largest absolute Gasteiger partial charge is 0.464 e. The average Bonchev–Trinajstić information content (AvgIpc) is 3.54. The standard InChI is InChI=1S/C15H16N2O5.C15H18N2O3.C13H14N2O4.C12H12N2O4/c1-9-4-5-13-12(14(9)17(20)21)6-7-16(15(13)19)10(2)8-22-11(3)18;1-9-4-5-13-12(14(9)16)6-7-17(15(13)19)10(2)8-20-11(3)18;1-8-3-4-11-10(12(8)15(18)19)5-6-14(13(11)17)9(2)7-16;1-8(7-15)13-6-5-9-10(12(13)16)3-2-4-11(9)14(17)18/h4-7,10H,8H2,1-3H3;4-7,10H,8,16H2,1-3H3;3-6,9,16H,7H2,1-2H3;2-6,8,15H,7H2,1H3/t2*10-;9-;8-/m1111/s1. The number of nitrogens with two attached hydrogens (primary N) is 1. The first-order valence-corrected chi connectivity index (χ1v) is 24.5. The van der Waals surface area contributed by atoms with Crippen molar-refractivity contribution in [3.63, 3.8) is 0 Å². The molecule has 0 saturated carbocycles. The number of aryl methyl sites for hydroxylation is 3. The quantitative estimate of drug-likeness (QED) is 0.0433. The van der Waals surface area contributed by atoms with Gasteiger partial charge in [-0.15, -0.1) is 0 Å². The van der Waals surface area contributed by atoms with Gasteiger partial charge in [-0.1, -0.05) is 24.3 Å². The van der Waals surface area contributed by atoms with Crippen molar-refractivity contribution in [1.82, 2.24) is 18.3 Å². The molecule has 8 aromatic rings. The van der Waals surface area contributed by atoms with Gasteiger partial charge < -0.3 is 43.7 Å². The number of nitrogens with zero attached hydrogens (tertiary/aromatic N) is 7. The summed E-state index contributed by atoms with van der Waals surface area (Å²) in [4.78, 5) is 103. The molecule has 0 bridgehead atoms. The number of non-ortho nitro benzene ring substituents is 1. The third-order valence-electron chi connectivity index (χ3n) is 12.9. The number of nitrogen functional groups attached to an aromatic ring is 1. The van der Waals surface area contributed by atoms with Gasteiger partial charge in [0.05, 0.1) is 84.5 Å². The Labute approximate surface area is 449 Å². The van der Waals surface area contributed by atoms with Gasteiger partial charge in [0.2, 0.25) is 0 Å². The molecule has 0 saturated heterocycles. The molecule has 0 amide bonds. The molecule has 0 aliphatic heterocycles. The molecular formula is C55H60N8O16. The van der Waals surface area contributed by atoms with Gasteiger partial charge in [-0.2, -0.15) is 0 Å². The van der Waals surface area contributed by atoms with Gasteiger partial charge in [-0.05, 0) is 103 Å². The predicted octanol–water partition coefficient (Wildman–Crippen LogP) is 7.59. The zero-order chi connectivity index (χ0) is 58.7. The number of aliphatic hydroxyl groups is 2. The lowest BCUT2D eigenvalue weighted by Gasteiger charge is -2.16. The Hall–Kier alpha value is -9.42. The highest BCUT2D eigenvalue weighted by Crippen LogP contribution is 2.30. The maximum absolute atomic E-state index is 12.5. The Morgan fingerprint density at radius 1 is 0.481 bits per heavy atom. The van der Waals surface area contributed by atoms with Gasteiger partial charge in [-0.3, -0.25) is 59.1 Å². The Bertz CT molecular complexity index is 3900. The maximum atomic E-state index is 12.5. The van der Waals surface area contributed by atoms with Crippen molar-refractivity contribution in [1.29, 1.82) is 0 Å². The number of hydrogen-bond donors (Lipinski definition) is 3. The SMILES string of the molecule is CC(=O)OC[C@@H](C)n1ccc2c(N)c(C)ccc2c1=O.CC(=O)OC[C@@H](C)n1ccc2c([N+](=O)[O-])c(C)ccc2c1=O.C[C@H](CO)n1ccc2c([N+](=O)[O-])cccc2c1=O.Cc1ccc2c(=O)n([C@H](C)CO)ccc2c1[N+](=O)[O-]. The minimum absolute atomic E-state index is 0.0431. The number of hydrogen-bond acceptors (Lipinski definition) is 17. The number of esters is 2. The number of carbonyl (C=O) groups excluding carboxylic acids is 2. The average molecular weight is 1090 g/mol. The van der Waals surface area contributed by atoms with Crippen molar-refractivity contribution in [3.8, 4) is 0 Å². The van der Waals surface area contributed by atoms with Crippen molar-refractivity contribution in [3.05, 3.63) is 192 Å². The molecule has 0 spiro atoms. The summed E-state index contributed by atoms with van der Waals surface area (Å²) >= 11 is 0. The number of nitro groups is 3. The molecule has 24 heteroatoms. The molecule has 0 aliphatic rings. The molecule has 79 heavy (non-hydrogen) atoms. The number of benzene rings is 4. The van der Waals surface area contributed by atoms with E-state index in [1.165, 1.54) is 64.3 Å². The third kappa shape index (κ3) is 13.6. The normalized spacial score (nSPS) is 12.4. The highest BCUT2D eigenvalue weighted by atomic mass is 16.6. The Balaban J connectivity index is 0.000000194. The molecule has 0 unspecified atom stereocenters. The van der Waals surface area contributed by atoms with Gasteiger partial charge in [0.15, 0.2) is 0 Å². The van der Waals surface area contributed by atoms with Crippen LogP contribution in [0.3, 0.4) is 0 Å². The molecule has 4 aromatic carbocycles.